The first-order valence-electron chi connectivity index (χ1n) is 23.8. The van der Waals surface area contributed by atoms with Crippen molar-refractivity contribution in [3.8, 4) is 55.6 Å². The van der Waals surface area contributed by atoms with Crippen LogP contribution < -0.4 is 4.90 Å². The average molecular weight is 774 g/mol. The predicted molar refractivity (Wildman–Crippen MR) is 253 cm³/mol. The van der Waals surface area contributed by atoms with Crippen molar-refractivity contribution in [1.82, 2.24) is 0 Å². The molecular formula is C58H39NO. The number of anilines is 3. The standard InChI is InChI=1S/C58H39NO/c1-3-11-40(12-4-1)42-21-23-43(24-22-42)44-25-32-50(33-26-44)59(51-34-27-45(28-35-51)49-17-9-16-48(39-49)41-13-5-2-6-14-41)52-36-29-47(30-37-52)53-19-10-20-56-57(53)55-38-31-46-15-7-8-18-54(46)58(55)60-56/h1-39H/i25D,26D,27D,28D,32D,33D,34D,35D. The first-order valence-corrected chi connectivity index (χ1v) is 19.8. The lowest BCUT2D eigenvalue weighted by atomic mass is 9.97. The van der Waals surface area contributed by atoms with Crippen LogP contribution in [0.4, 0.5) is 17.1 Å². The van der Waals surface area contributed by atoms with Crippen LogP contribution in [-0.4, -0.2) is 0 Å². The third-order valence-corrected chi connectivity index (χ3v) is 11.0. The molecule has 0 atom stereocenters. The molecule has 11 aromatic rings. The summed E-state index contributed by atoms with van der Waals surface area (Å²) in [6.07, 6.45) is 0. The molecule has 1 heterocycles. The molecule has 0 fully saturated rings. The summed E-state index contributed by atoms with van der Waals surface area (Å²) >= 11 is 0. The Hall–Kier alpha value is -7.94. The Labute approximate surface area is 361 Å². The van der Waals surface area contributed by atoms with Gasteiger partial charge in [0.1, 0.15) is 11.2 Å². The van der Waals surface area contributed by atoms with E-state index in [1.165, 1.54) is 4.90 Å². The van der Waals surface area contributed by atoms with Crippen LogP contribution >= 0.6 is 0 Å². The monoisotopic (exact) mass is 773 g/mol. The Kier molecular flexibility index (Phi) is 6.96. The van der Waals surface area contributed by atoms with E-state index in [1.807, 2.05) is 140 Å². The summed E-state index contributed by atoms with van der Waals surface area (Å²) in [7, 11) is 0. The van der Waals surface area contributed by atoms with E-state index in [0.29, 0.717) is 16.8 Å². The number of furan rings is 1. The van der Waals surface area contributed by atoms with Gasteiger partial charge in [-0.2, -0.15) is 0 Å². The number of hydrogen-bond acceptors (Lipinski definition) is 2. The molecule has 0 aliphatic heterocycles. The van der Waals surface area contributed by atoms with Crippen LogP contribution in [0.15, 0.2) is 241 Å². The van der Waals surface area contributed by atoms with Gasteiger partial charge in [-0.3, -0.25) is 0 Å². The van der Waals surface area contributed by atoms with Crippen LogP contribution in [-0.2, 0) is 0 Å². The van der Waals surface area contributed by atoms with Crippen molar-refractivity contribution in [1.29, 1.82) is 0 Å². The van der Waals surface area contributed by atoms with Gasteiger partial charge in [0.15, 0.2) is 0 Å². The maximum Gasteiger partial charge on any atom is 0.143 e. The lowest BCUT2D eigenvalue weighted by Crippen LogP contribution is -2.09. The minimum Gasteiger partial charge on any atom is -0.455 e. The summed E-state index contributed by atoms with van der Waals surface area (Å²) < 4.78 is 82.6. The van der Waals surface area contributed by atoms with Gasteiger partial charge in [0, 0.05) is 33.2 Å². The topological polar surface area (TPSA) is 16.4 Å². The van der Waals surface area contributed by atoms with Gasteiger partial charge in [0.25, 0.3) is 0 Å². The molecule has 10 aromatic carbocycles. The van der Waals surface area contributed by atoms with Gasteiger partial charge in [-0.15, -0.1) is 0 Å². The smallest absolute Gasteiger partial charge is 0.143 e. The molecule has 2 heteroatoms. The van der Waals surface area contributed by atoms with E-state index in [2.05, 4.69) is 18.2 Å². The van der Waals surface area contributed by atoms with E-state index in [4.69, 9.17) is 4.42 Å². The van der Waals surface area contributed by atoms with Gasteiger partial charge in [0.05, 0.1) is 11.0 Å². The third-order valence-electron chi connectivity index (χ3n) is 11.0. The summed E-state index contributed by atoms with van der Waals surface area (Å²) in [5.41, 5.74) is 7.97. The Balaban J connectivity index is 1.09. The number of rotatable bonds is 8. The Bertz CT molecular complexity index is 3700. The normalized spacial score (nSPS) is 13.2. The quantitative estimate of drug-likeness (QED) is 0.153. The van der Waals surface area contributed by atoms with Gasteiger partial charge in [0.2, 0.25) is 0 Å². The molecule has 0 saturated heterocycles. The van der Waals surface area contributed by atoms with E-state index in [9.17, 15) is 11.0 Å². The van der Waals surface area contributed by atoms with Crippen LogP contribution in [0.1, 0.15) is 11.0 Å². The third kappa shape index (κ3) is 6.51. The molecular weight excluding hydrogens is 727 g/mol. The van der Waals surface area contributed by atoms with Crippen molar-refractivity contribution in [3.63, 3.8) is 0 Å². The van der Waals surface area contributed by atoms with E-state index < -0.39 is 24.2 Å². The highest BCUT2D eigenvalue weighted by atomic mass is 16.3. The number of fused-ring (bicyclic) bond motifs is 5. The van der Waals surface area contributed by atoms with Crippen LogP contribution in [0, 0.1) is 0 Å². The molecule has 0 aliphatic rings. The zero-order valence-electron chi connectivity index (χ0n) is 40.3. The highest BCUT2D eigenvalue weighted by Gasteiger charge is 2.17. The minimum atomic E-state index is -0.408. The molecule has 0 N–H and O–H groups in total. The summed E-state index contributed by atoms with van der Waals surface area (Å²) in [6, 6.07) is 56.7. The summed E-state index contributed by atoms with van der Waals surface area (Å²) in [5.74, 6) is 0. The SMILES string of the molecule is [2H]c1c([2H])c(N(c2ccc(-c3cccc4oc5c6ccccc6ccc5c34)cc2)c2c([2H])c([2H])c(-c3cccc(-c4ccccc4)c3)c([2H])c2[2H])c([2H])c([2H])c1-c1ccc(-c2ccccc2)cc1. The van der Waals surface area contributed by atoms with Gasteiger partial charge < -0.3 is 9.32 Å². The van der Waals surface area contributed by atoms with Crippen molar-refractivity contribution in [2.45, 2.75) is 0 Å². The molecule has 60 heavy (non-hydrogen) atoms. The summed E-state index contributed by atoms with van der Waals surface area (Å²) in [4.78, 5) is 1.34. The van der Waals surface area contributed by atoms with Crippen LogP contribution in [0.2, 0.25) is 0 Å². The number of hydrogen-bond donors (Lipinski definition) is 0. The highest BCUT2D eigenvalue weighted by Crippen LogP contribution is 2.42. The molecule has 0 unspecified atom stereocenters. The molecule has 0 amide bonds. The largest absolute Gasteiger partial charge is 0.455 e. The summed E-state index contributed by atoms with van der Waals surface area (Å²) in [5, 5.41) is 3.95. The minimum absolute atomic E-state index is 0.0962. The molecule has 0 radical (unpaired) electrons. The van der Waals surface area contributed by atoms with Crippen molar-refractivity contribution in [2.75, 3.05) is 4.90 Å². The Morgan fingerprint density at radius 3 is 1.50 bits per heavy atom. The molecule has 11 rings (SSSR count). The van der Waals surface area contributed by atoms with Crippen molar-refractivity contribution < 1.29 is 15.4 Å². The second-order valence-corrected chi connectivity index (χ2v) is 14.7. The lowest BCUT2D eigenvalue weighted by molar-refractivity contribution is 0.673. The maximum absolute atomic E-state index is 9.61. The Morgan fingerprint density at radius 2 is 0.833 bits per heavy atom. The van der Waals surface area contributed by atoms with Gasteiger partial charge in [-0.1, -0.05) is 182 Å². The van der Waals surface area contributed by atoms with Gasteiger partial charge in [-0.25, -0.2) is 0 Å². The average Bonchev–Trinajstić information content (AvgIpc) is 3.78. The number of nitrogens with zero attached hydrogens (tertiary/aromatic N) is 1. The van der Waals surface area contributed by atoms with Crippen LogP contribution in [0.3, 0.4) is 0 Å². The molecule has 2 nitrogen and oxygen atoms in total. The van der Waals surface area contributed by atoms with Gasteiger partial charge >= 0.3 is 0 Å². The first kappa shape index (κ1) is 27.7. The first-order chi connectivity index (χ1) is 33.1. The fraction of sp³-hybridized carbons (Fsp3) is 0. The van der Waals surface area contributed by atoms with Crippen molar-refractivity contribution in [2.24, 2.45) is 0 Å². The van der Waals surface area contributed by atoms with E-state index in [-0.39, 0.29) is 46.7 Å². The molecule has 0 bridgehead atoms. The molecule has 0 aliphatic carbocycles. The predicted octanol–water partition coefficient (Wildman–Crippen LogP) is 16.5. The molecule has 0 saturated carbocycles. The van der Waals surface area contributed by atoms with E-state index in [0.717, 1.165) is 66.1 Å². The zero-order valence-corrected chi connectivity index (χ0v) is 32.3. The second-order valence-electron chi connectivity index (χ2n) is 14.7. The van der Waals surface area contributed by atoms with Crippen LogP contribution in [0.25, 0.3) is 88.3 Å². The van der Waals surface area contributed by atoms with E-state index >= 15 is 0 Å². The van der Waals surface area contributed by atoms with Crippen LogP contribution in [0.5, 0.6) is 0 Å². The Morgan fingerprint density at radius 1 is 0.333 bits per heavy atom. The number of benzene rings is 10. The maximum atomic E-state index is 9.61. The zero-order chi connectivity index (χ0) is 46.8. The molecule has 0 spiro atoms. The summed E-state index contributed by atoms with van der Waals surface area (Å²) in [6.45, 7) is 0. The molecule has 282 valence electrons. The fourth-order valence-corrected chi connectivity index (χ4v) is 8.02. The highest BCUT2D eigenvalue weighted by molar-refractivity contribution is 6.19. The van der Waals surface area contributed by atoms with Gasteiger partial charge in [-0.05, 0) is 116 Å². The fourth-order valence-electron chi connectivity index (χ4n) is 8.02. The lowest BCUT2D eigenvalue weighted by Gasteiger charge is -2.26. The van der Waals surface area contributed by atoms with E-state index in [1.54, 1.807) is 30.3 Å². The van der Waals surface area contributed by atoms with Crippen molar-refractivity contribution >= 4 is 49.8 Å². The van der Waals surface area contributed by atoms with Crippen molar-refractivity contribution in [3.05, 3.63) is 236 Å². The second kappa shape index (κ2) is 15.1. The molecule has 1 aromatic heterocycles.